The number of hydrogen-bond acceptors (Lipinski definition) is 6. The highest BCUT2D eigenvalue weighted by Crippen LogP contribution is 2.14. The van der Waals surface area contributed by atoms with Crippen LogP contribution in [-0.2, 0) is 10.0 Å². The van der Waals surface area contributed by atoms with Crippen LogP contribution in [0.3, 0.4) is 0 Å². The van der Waals surface area contributed by atoms with Crippen molar-refractivity contribution in [1.29, 1.82) is 0 Å². The van der Waals surface area contributed by atoms with E-state index in [9.17, 15) is 18.5 Å². The van der Waals surface area contributed by atoms with Crippen molar-refractivity contribution in [2.45, 2.75) is 5.03 Å². The summed E-state index contributed by atoms with van der Waals surface area (Å²) < 4.78 is 22.5. The molecule has 2 aromatic rings. The molecule has 0 unspecified atom stereocenters. The van der Waals surface area contributed by atoms with E-state index in [1.54, 1.807) is 18.2 Å². The van der Waals surface area contributed by atoms with Gasteiger partial charge in [0.2, 0.25) is 0 Å². The Balaban J connectivity index is 2.68. The molecule has 94 valence electrons. The lowest BCUT2D eigenvalue weighted by Crippen LogP contribution is -2.36. The molecule has 0 radical (unpaired) electrons. The largest absolute Gasteiger partial charge is 0.493 e. The summed E-state index contributed by atoms with van der Waals surface area (Å²) in [6, 6.07) is 4.86. The molecule has 0 aromatic carbocycles. The fraction of sp³-hybridized carbons (Fsp3) is 0. The molecular formula is C8H9BN4O4S. The smallest absolute Gasteiger partial charge is 0.423 e. The van der Waals surface area contributed by atoms with Crippen molar-refractivity contribution in [3.8, 4) is 11.4 Å². The van der Waals surface area contributed by atoms with Crippen molar-refractivity contribution in [2.24, 2.45) is 5.14 Å². The van der Waals surface area contributed by atoms with Crippen LogP contribution in [0.2, 0.25) is 0 Å². The minimum absolute atomic E-state index is 0.0228. The van der Waals surface area contributed by atoms with Gasteiger partial charge >= 0.3 is 7.12 Å². The minimum Gasteiger partial charge on any atom is -0.423 e. The number of pyridine rings is 1. The number of nitrogens with zero attached hydrogens (tertiary/aromatic N) is 2. The standard InChI is InChI=1S/C8H9BN4O4S/c10-18(16,17)8-6(9(14)15)7(12-13-8)5-3-1-2-4-11-5/h1-4,14-15H,(H,12,13)(H2,10,16,17). The van der Waals surface area contributed by atoms with Crippen LogP contribution in [0.25, 0.3) is 11.4 Å². The number of rotatable bonds is 3. The molecule has 0 aliphatic rings. The van der Waals surface area contributed by atoms with E-state index in [0.29, 0.717) is 5.69 Å². The Hall–Kier alpha value is -1.75. The molecule has 0 saturated heterocycles. The van der Waals surface area contributed by atoms with E-state index in [2.05, 4.69) is 15.2 Å². The Morgan fingerprint density at radius 1 is 1.33 bits per heavy atom. The fourth-order valence-corrected chi connectivity index (χ4v) is 2.17. The third kappa shape index (κ3) is 2.26. The first-order chi connectivity index (χ1) is 8.41. The van der Waals surface area contributed by atoms with Crippen LogP contribution in [-0.4, -0.2) is 40.8 Å². The molecule has 0 fully saturated rings. The molecule has 5 N–H and O–H groups in total. The van der Waals surface area contributed by atoms with E-state index in [4.69, 9.17) is 5.14 Å². The molecule has 0 aliphatic heterocycles. The average molecular weight is 268 g/mol. The van der Waals surface area contributed by atoms with Crippen molar-refractivity contribution in [2.75, 3.05) is 0 Å². The lowest BCUT2D eigenvalue weighted by atomic mass is 9.80. The summed E-state index contributed by atoms with van der Waals surface area (Å²) in [4.78, 5) is 3.95. The lowest BCUT2D eigenvalue weighted by molar-refractivity contribution is 0.424. The quantitative estimate of drug-likeness (QED) is 0.465. The van der Waals surface area contributed by atoms with Crippen molar-refractivity contribution < 1.29 is 18.5 Å². The van der Waals surface area contributed by atoms with E-state index in [1.807, 2.05) is 0 Å². The van der Waals surface area contributed by atoms with E-state index in [-0.39, 0.29) is 11.2 Å². The first kappa shape index (κ1) is 12.7. The summed E-state index contributed by atoms with van der Waals surface area (Å²) in [5.41, 5.74) is -0.00225. The first-order valence-electron chi connectivity index (χ1n) is 4.80. The second-order valence-electron chi connectivity index (χ2n) is 3.45. The Morgan fingerprint density at radius 2 is 2.06 bits per heavy atom. The van der Waals surface area contributed by atoms with Crippen LogP contribution >= 0.6 is 0 Å². The van der Waals surface area contributed by atoms with E-state index in [1.165, 1.54) is 6.20 Å². The molecule has 0 atom stereocenters. The van der Waals surface area contributed by atoms with E-state index < -0.39 is 22.2 Å². The van der Waals surface area contributed by atoms with Gasteiger partial charge < -0.3 is 10.0 Å². The highest BCUT2D eigenvalue weighted by Gasteiger charge is 2.30. The van der Waals surface area contributed by atoms with Gasteiger partial charge in [-0.05, 0) is 12.1 Å². The maximum Gasteiger partial charge on any atom is 0.493 e. The minimum atomic E-state index is -4.13. The molecule has 10 heteroatoms. The highest BCUT2D eigenvalue weighted by molar-refractivity contribution is 7.89. The first-order valence-corrected chi connectivity index (χ1v) is 6.34. The van der Waals surface area contributed by atoms with Crippen LogP contribution in [0.4, 0.5) is 0 Å². The van der Waals surface area contributed by atoms with Crippen molar-refractivity contribution in [3.63, 3.8) is 0 Å². The van der Waals surface area contributed by atoms with Crippen molar-refractivity contribution in [1.82, 2.24) is 15.2 Å². The third-order valence-electron chi connectivity index (χ3n) is 2.22. The molecule has 0 aliphatic carbocycles. The van der Waals surface area contributed by atoms with Gasteiger partial charge in [-0.3, -0.25) is 10.1 Å². The Labute approximate surface area is 103 Å². The zero-order valence-corrected chi connectivity index (χ0v) is 9.79. The Bertz CT molecular complexity index is 655. The monoisotopic (exact) mass is 268 g/mol. The molecule has 2 rings (SSSR count). The molecule has 0 bridgehead atoms. The topological polar surface area (TPSA) is 142 Å². The van der Waals surface area contributed by atoms with Gasteiger partial charge in [-0.1, -0.05) is 6.07 Å². The van der Waals surface area contributed by atoms with Gasteiger partial charge in [-0.25, -0.2) is 13.6 Å². The maximum absolute atomic E-state index is 11.3. The summed E-state index contributed by atoms with van der Waals surface area (Å²) in [5.74, 6) is 0. The number of sulfonamides is 1. The lowest BCUT2D eigenvalue weighted by Gasteiger charge is -2.02. The second-order valence-corrected chi connectivity index (χ2v) is 4.95. The van der Waals surface area contributed by atoms with Crippen LogP contribution < -0.4 is 10.6 Å². The molecule has 8 nitrogen and oxygen atoms in total. The zero-order chi connectivity index (χ0) is 13.3. The third-order valence-corrected chi connectivity index (χ3v) is 3.10. The van der Waals surface area contributed by atoms with Crippen LogP contribution in [0, 0.1) is 0 Å². The van der Waals surface area contributed by atoms with Gasteiger partial charge in [0.05, 0.1) is 5.69 Å². The normalized spacial score (nSPS) is 11.5. The molecule has 2 heterocycles. The second kappa shape index (κ2) is 4.50. The number of aromatic amines is 1. The van der Waals surface area contributed by atoms with Gasteiger partial charge in [-0.15, -0.1) is 0 Å². The number of aromatic nitrogens is 3. The molecular weight excluding hydrogens is 259 g/mol. The number of nitrogens with two attached hydrogens (primary N) is 1. The molecule has 2 aromatic heterocycles. The number of primary sulfonamides is 1. The Morgan fingerprint density at radius 3 is 2.56 bits per heavy atom. The molecule has 18 heavy (non-hydrogen) atoms. The Kier molecular flexibility index (Phi) is 3.17. The summed E-state index contributed by atoms with van der Waals surface area (Å²) in [5, 5.41) is 28.8. The van der Waals surface area contributed by atoms with Crippen molar-refractivity contribution in [3.05, 3.63) is 24.4 Å². The average Bonchev–Trinajstić information content (AvgIpc) is 2.74. The fourth-order valence-electron chi connectivity index (χ4n) is 1.49. The van der Waals surface area contributed by atoms with E-state index in [0.717, 1.165) is 0 Å². The SMILES string of the molecule is NS(=O)(=O)c1[nH]nc(-c2ccccn2)c1B(O)O. The number of hydrogen-bond donors (Lipinski definition) is 4. The van der Waals surface area contributed by atoms with E-state index >= 15 is 0 Å². The van der Waals surface area contributed by atoms with Crippen molar-refractivity contribution >= 4 is 22.6 Å². The number of H-pyrrole nitrogens is 1. The summed E-state index contributed by atoms with van der Waals surface area (Å²) in [7, 11) is -6.16. The predicted molar refractivity (Wildman–Crippen MR) is 63.0 cm³/mol. The maximum atomic E-state index is 11.3. The van der Waals surface area contributed by atoms with Gasteiger partial charge in [0.1, 0.15) is 5.69 Å². The predicted octanol–water partition coefficient (Wildman–Crippen LogP) is -2.20. The summed E-state index contributed by atoms with van der Waals surface area (Å²) in [6.45, 7) is 0. The molecule has 0 saturated carbocycles. The zero-order valence-electron chi connectivity index (χ0n) is 8.98. The van der Waals surface area contributed by atoms with Gasteiger partial charge in [0, 0.05) is 11.7 Å². The van der Waals surface area contributed by atoms with Crippen LogP contribution in [0.5, 0.6) is 0 Å². The molecule has 0 amide bonds. The van der Waals surface area contributed by atoms with Gasteiger partial charge in [0.25, 0.3) is 10.0 Å². The van der Waals surface area contributed by atoms with Crippen LogP contribution in [0.15, 0.2) is 29.4 Å². The summed E-state index contributed by atoms with van der Waals surface area (Å²) in [6.07, 6.45) is 1.47. The van der Waals surface area contributed by atoms with Gasteiger partial charge in [0.15, 0.2) is 5.03 Å². The number of nitrogens with one attached hydrogen (secondary N) is 1. The summed E-state index contributed by atoms with van der Waals surface area (Å²) >= 11 is 0. The highest BCUT2D eigenvalue weighted by atomic mass is 32.2. The molecule has 0 spiro atoms. The van der Waals surface area contributed by atoms with Crippen LogP contribution in [0.1, 0.15) is 0 Å². The van der Waals surface area contributed by atoms with Gasteiger partial charge in [-0.2, -0.15) is 5.10 Å².